The van der Waals surface area contributed by atoms with Crippen LogP contribution in [0.2, 0.25) is 0 Å². The zero-order valence-electron chi connectivity index (χ0n) is 45.1. The van der Waals surface area contributed by atoms with Crippen LogP contribution in [-0.2, 0) is 22.6 Å². The van der Waals surface area contributed by atoms with Gasteiger partial charge >= 0.3 is 11.9 Å². The summed E-state index contributed by atoms with van der Waals surface area (Å²) in [5, 5.41) is 39.7. The first-order valence-electron chi connectivity index (χ1n) is 27.8. The van der Waals surface area contributed by atoms with E-state index in [1.54, 1.807) is 19.4 Å². The number of carbonyl (C=O) groups is 2. The van der Waals surface area contributed by atoms with Crippen LogP contribution in [0.1, 0.15) is 105 Å². The predicted molar refractivity (Wildman–Crippen MR) is 316 cm³/mol. The maximum atomic E-state index is 13.5. The van der Waals surface area contributed by atoms with E-state index in [-0.39, 0.29) is 11.9 Å². The Bertz CT molecular complexity index is 3650. The number of carbonyl (C=O) groups excluding carboxylic acids is 2. The molecule has 16 nitrogen and oxygen atoms in total. The number of hydrogen-bond acceptors (Lipinski definition) is 14. The second kappa shape index (κ2) is 24.8. The molecule has 0 saturated heterocycles. The van der Waals surface area contributed by atoms with E-state index in [4.69, 9.17) is 19.7 Å². The van der Waals surface area contributed by atoms with Gasteiger partial charge in [-0.3, -0.25) is 0 Å². The summed E-state index contributed by atoms with van der Waals surface area (Å²) in [6.45, 7) is 1.64. The van der Waals surface area contributed by atoms with Crippen molar-refractivity contribution in [3.63, 3.8) is 0 Å². The van der Waals surface area contributed by atoms with Gasteiger partial charge in [0.05, 0.1) is 60.2 Å². The van der Waals surface area contributed by atoms with Gasteiger partial charge in [-0.15, -0.1) is 0 Å². The van der Waals surface area contributed by atoms with Gasteiger partial charge in [0, 0.05) is 22.3 Å². The second-order valence-corrected chi connectivity index (χ2v) is 20.1. The molecule has 0 saturated carbocycles. The quantitative estimate of drug-likeness (QED) is 0.0338. The molecule has 0 atom stereocenters. The average Bonchev–Trinajstić information content (AvgIpc) is 4.48. The fourth-order valence-electron chi connectivity index (χ4n) is 10.5. The number of fused-ring (bicyclic) bond motifs is 6. The molecule has 12 rings (SSSR count). The smallest absolute Gasteiger partial charge is 0.338 e. The molecule has 82 heavy (non-hydrogen) atoms. The standard InChI is InChI=1S/C66H58N12O4/c79-63(49-37-39-57-59(43-49)53-33-19-21-35-55(53)61(57)69-77(51-29-15-9-16-30-51)65-67-71-73-75(65)45-47-25-11-7-12-26-47)81-41-23-5-3-1-2-4-6-24-42-82-64(80)50-38-40-58-60(44-50)54-34-20-22-36-56(54)62(58)70-78(52-31-17-10-18-32-52)66-68-72-74-76(66)46-48-27-13-8-14-28-48/h7-22,25-40,43-44H,1-6,23-24,41-42,45-46H2. The Hall–Kier alpha value is -10.2. The van der Waals surface area contributed by atoms with E-state index < -0.39 is 0 Å². The summed E-state index contributed by atoms with van der Waals surface area (Å²) in [5.74, 6) is 0.245. The van der Waals surface area contributed by atoms with Crippen LogP contribution in [0.3, 0.4) is 0 Å². The number of rotatable bonds is 23. The Morgan fingerprint density at radius 1 is 0.378 bits per heavy atom. The van der Waals surface area contributed by atoms with Gasteiger partial charge in [-0.2, -0.15) is 20.2 Å². The van der Waals surface area contributed by atoms with Gasteiger partial charge in [-0.1, -0.05) is 206 Å². The van der Waals surface area contributed by atoms with Gasteiger partial charge in [-0.05, 0) is 116 Å². The maximum absolute atomic E-state index is 13.5. The number of aromatic nitrogens is 8. The Morgan fingerprint density at radius 2 is 0.720 bits per heavy atom. The van der Waals surface area contributed by atoms with Crippen molar-refractivity contribution in [2.75, 3.05) is 23.2 Å². The molecule has 8 aromatic carbocycles. The van der Waals surface area contributed by atoms with E-state index in [1.165, 1.54) is 0 Å². The average molecular weight is 1080 g/mol. The van der Waals surface area contributed by atoms with Crippen molar-refractivity contribution in [3.05, 3.63) is 251 Å². The number of esters is 2. The third-order valence-corrected chi connectivity index (χ3v) is 14.6. The van der Waals surface area contributed by atoms with Crippen LogP contribution in [0.25, 0.3) is 22.3 Å². The minimum absolute atomic E-state index is 0.347. The van der Waals surface area contributed by atoms with Crippen molar-refractivity contribution in [1.82, 2.24) is 40.4 Å². The molecule has 10 aromatic rings. The fraction of sp³-hybridized carbons (Fsp3) is 0.182. The van der Waals surface area contributed by atoms with Crippen LogP contribution in [-0.4, -0.2) is 77.0 Å². The van der Waals surface area contributed by atoms with Gasteiger partial charge in [0.2, 0.25) is 0 Å². The van der Waals surface area contributed by atoms with E-state index in [2.05, 4.69) is 43.2 Å². The number of anilines is 4. The van der Waals surface area contributed by atoms with Crippen molar-refractivity contribution in [2.45, 2.75) is 64.5 Å². The second-order valence-electron chi connectivity index (χ2n) is 20.1. The lowest BCUT2D eigenvalue weighted by molar-refractivity contribution is 0.0487. The number of unbranched alkanes of at least 4 members (excludes halogenated alkanes) is 7. The molecule has 0 amide bonds. The van der Waals surface area contributed by atoms with E-state index in [9.17, 15) is 9.59 Å². The lowest BCUT2D eigenvalue weighted by Gasteiger charge is -2.19. The first kappa shape index (κ1) is 52.5. The first-order valence-corrected chi connectivity index (χ1v) is 27.8. The van der Waals surface area contributed by atoms with Crippen LogP contribution in [0.5, 0.6) is 0 Å². The van der Waals surface area contributed by atoms with Crippen molar-refractivity contribution >= 4 is 46.6 Å². The van der Waals surface area contributed by atoms with Gasteiger partial charge < -0.3 is 9.47 Å². The molecule has 0 aliphatic heterocycles. The highest BCUT2D eigenvalue weighted by Gasteiger charge is 2.31. The third kappa shape index (κ3) is 11.6. The van der Waals surface area contributed by atoms with Crippen molar-refractivity contribution in [1.29, 1.82) is 0 Å². The number of para-hydroxylation sites is 2. The molecule has 0 unspecified atom stereocenters. The Balaban J connectivity index is 0.603. The van der Waals surface area contributed by atoms with E-state index >= 15 is 0 Å². The van der Waals surface area contributed by atoms with Crippen molar-refractivity contribution < 1.29 is 19.1 Å². The van der Waals surface area contributed by atoms with Gasteiger partial charge in [0.25, 0.3) is 11.9 Å². The molecule has 2 heterocycles. The molecule has 0 N–H and O–H groups in total. The molecule has 0 bridgehead atoms. The summed E-state index contributed by atoms with van der Waals surface area (Å²) in [6, 6.07) is 67.3. The lowest BCUT2D eigenvalue weighted by atomic mass is 10.0. The number of ether oxygens (including phenoxy) is 2. The van der Waals surface area contributed by atoms with Gasteiger partial charge in [0.15, 0.2) is 0 Å². The molecule has 2 aliphatic carbocycles. The molecular formula is C66H58N12O4. The molecule has 406 valence electrons. The van der Waals surface area contributed by atoms with Crippen molar-refractivity contribution in [3.8, 4) is 22.3 Å². The molecule has 0 fully saturated rings. The topological polar surface area (TPSA) is 171 Å². The predicted octanol–water partition coefficient (Wildman–Crippen LogP) is 13.0. The highest BCUT2D eigenvalue weighted by Crippen LogP contribution is 2.41. The summed E-state index contributed by atoms with van der Waals surface area (Å²) >= 11 is 0. The minimum atomic E-state index is -0.347. The third-order valence-electron chi connectivity index (χ3n) is 14.6. The fourth-order valence-corrected chi connectivity index (χ4v) is 10.5. The molecule has 0 radical (unpaired) electrons. The number of hydrazone groups is 2. The maximum Gasteiger partial charge on any atom is 0.338 e. The monoisotopic (exact) mass is 1080 g/mol. The summed E-state index contributed by atoms with van der Waals surface area (Å²) < 4.78 is 15.1. The number of benzene rings is 8. The molecule has 2 aromatic heterocycles. The zero-order valence-corrected chi connectivity index (χ0v) is 45.1. The normalized spacial score (nSPS) is 12.9. The molecule has 0 spiro atoms. The van der Waals surface area contributed by atoms with E-state index in [0.717, 1.165) is 130 Å². The Kier molecular flexibility index (Phi) is 15.9. The summed E-state index contributed by atoms with van der Waals surface area (Å²) in [6.07, 6.45) is 7.78. The van der Waals surface area contributed by atoms with Gasteiger partial charge in [0.1, 0.15) is 0 Å². The van der Waals surface area contributed by atoms with Crippen LogP contribution in [0, 0.1) is 0 Å². The van der Waals surface area contributed by atoms with E-state index in [0.29, 0.717) is 49.3 Å². The largest absolute Gasteiger partial charge is 0.462 e. The number of hydrogen-bond donors (Lipinski definition) is 0. The van der Waals surface area contributed by atoms with Crippen LogP contribution in [0.15, 0.2) is 216 Å². The molecular weight excluding hydrogens is 1020 g/mol. The SMILES string of the molecule is O=C(OCCCCCCCCCCOC(=O)c1ccc2c(c1)-c1ccccc1C2=NN(c1ccccc1)c1nnnn1Cc1ccccc1)c1ccc2c(c1)-c1ccccc1C2=NN(c1ccccc1)c1nnnn1Cc1ccccc1. The number of nitrogens with zero attached hydrogens (tertiary/aromatic N) is 12. The first-order chi connectivity index (χ1) is 40.5. The Labute approximate surface area is 475 Å². The van der Waals surface area contributed by atoms with Gasteiger partial charge in [-0.25, -0.2) is 19.0 Å². The molecule has 16 heteroatoms. The minimum Gasteiger partial charge on any atom is -0.462 e. The van der Waals surface area contributed by atoms with Crippen molar-refractivity contribution in [2.24, 2.45) is 10.2 Å². The summed E-state index contributed by atoms with van der Waals surface area (Å²) in [7, 11) is 0. The van der Waals surface area contributed by atoms with Crippen LogP contribution in [0.4, 0.5) is 23.3 Å². The summed E-state index contributed by atoms with van der Waals surface area (Å²) in [4.78, 5) is 26.9. The number of tetrazole rings is 2. The summed E-state index contributed by atoms with van der Waals surface area (Å²) in [5.41, 5.74) is 13.7. The molecule has 2 aliphatic rings. The zero-order chi connectivity index (χ0) is 55.5. The highest BCUT2D eigenvalue weighted by molar-refractivity contribution is 6.26. The Morgan fingerprint density at radius 3 is 1.12 bits per heavy atom. The van der Waals surface area contributed by atoms with Crippen LogP contribution >= 0.6 is 0 Å². The van der Waals surface area contributed by atoms with Crippen LogP contribution < -0.4 is 10.0 Å². The van der Waals surface area contributed by atoms with E-state index in [1.807, 2.05) is 194 Å². The lowest BCUT2D eigenvalue weighted by Crippen LogP contribution is -2.19. The highest BCUT2D eigenvalue weighted by atomic mass is 16.5.